The zero-order valence-electron chi connectivity index (χ0n) is 17.0. The highest BCUT2D eigenvalue weighted by Crippen LogP contribution is 2.55. The number of piperidine rings is 1. The van der Waals surface area contributed by atoms with E-state index in [0.717, 1.165) is 19.4 Å². The van der Waals surface area contributed by atoms with Gasteiger partial charge in [0.15, 0.2) is 0 Å². The average molecular weight is 396 g/mol. The molecular formula is C23H29N3O3. The molecule has 29 heavy (non-hydrogen) atoms. The Balaban J connectivity index is 1.44. The van der Waals surface area contributed by atoms with Crippen LogP contribution in [0.5, 0.6) is 11.5 Å². The number of amides is 2. The van der Waals surface area contributed by atoms with Gasteiger partial charge >= 0.3 is 6.03 Å². The molecule has 2 heterocycles. The maximum Gasteiger partial charge on any atom is 0.321 e. The normalized spacial score (nSPS) is 21.2. The Bertz CT molecular complexity index is 873. The van der Waals surface area contributed by atoms with Gasteiger partial charge in [-0.25, -0.2) is 4.79 Å². The van der Waals surface area contributed by atoms with Crippen LogP contribution in [0.2, 0.25) is 0 Å². The number of anilines is 1. The quantitative estimate of drug-likeness (QED) is 0.729. The Kier molecular flexibility index (Phi) is 5.13. The van der Waals surface area contributed by atoms with Crippen molar-refractivity contribution in [3.05, 3.63) is 54.1 Å². The van der Waals surface area contributed by atoms with E-state index in [1.54, 1.807) is 36.4 Å². The van der Waals surface area contributed by atoms with E-state index in [0.29, 0.717) is 30.9 Å². The molecular weight excluding hydrogens is 366 g/mol. The number of rotatable bonds is 3. The van der Waals surface area contributed by atoms with Gasteiger partial charge < -0.3 is 20.4 Å². The average Bonchev–Trinajstić information content (AvgIpc) is 2.68. The molecule has 154 valence electrons. The van der Waals surface area contributed by atoms with Gasteiger partial charge in [-0.3, -0.25) is 4.90 Å². The monoisotopic (exact) mass is 395 g/mol. The number of phenolic OH excluding ortho intramolecular Hbond substituents is 2. The molecule has 2 aliphatic heterocycles. The van der Waals surface area contributed by atoms with E-state index < -0.39 is 0 Å². The number of hydrogen-bond acceptors (Lipinski definition) is 4. The van der Waals surface area contributed by atoms with Gasteiger partial charge in [0.2, 0.25) is 0 Å². The summed E-state index contributed by atoms with van der Waals surface area (Å²) in [5.41, 5.74) is 2.01. The predicted molar refractivity (Wildman–Crippen MR) is 113 cm³/mol. The topological polar surface area (TPSA) is 76.0 Å². The second-order valence-corrected chi connectivity index (χ2v) is 8.59. The molecule has 0 saturated carbocycles. The molecule has 0 bridgehead atoms. The van der Waals surface area contributed by atoms with Crippen LogP contribution in [0.3, 0.4) is 0 Å². The maximum absolute atomic E-state index is 12.7. The highest BCUT2D eigenvalue weighted by molar-refractivity contribution is 5.89. The molecule has 2 aromatic carbocycles. The lowest BCUT2D eigenvalue weighted by Crippen LogP contribution is -2.64. The molecule has 2 aliphatic rings. The van der Waals surface area contributed by atoms with E-state index in [2.05, 4.69) is 24.1 Å². The molecule has 0 aliphatic carbocycles. The molecule has 2 fully saturated rings. The van der Waals surface area contributed by atoms with Gasteiger partial charge in [-0.2, -0.15) is 0 Å². The van der Waals surface area contributed by atoms with Gasteiger partial charge in [0.25, 0.3) is 0 Å². The van der Waals surface area contributed by atoms with Gasteiger partial charge in [-0.05, 0) is 56.5 Å². The summed E-state index contributed by atoms with van der Waals surface area (Å²) in [6.45, 7) is 6.91. The van der Waals surface area contributed by atoms with Gasteiger partial charge in [-0.1, -0.05) is 18.2 Å². The van der Waals surface area contributed by atoms with Crippen molar-refractivity contribution in [2.45, 2.75) is 38.8 Å². The fraction of sp³-hybridized carbons (Fsp3) is 0.435. The lowest BCUT2D eigenvalue weighted by molar-refractivity contribution is -0.123. The van der Waals surface area contributed by atoms with Crippen LogP contribution in [0.15, 0.2) is 48.5 Å². The second kappa shape index (κ2) is 7.59. The van der Waals surface area contributed by atoms with Gasteiger partial charge in [0.05, 0.1) is 0 Å². The predicted octanol–water partition coefficient (Wildman–Crippen LogP) is 4.18. The third-order valence-corrected chi connectivity index (χ3v) is 6.43. The van der Waals surface area contributed by atoms with Crippen LogP contribution in [0.4, 0.5) is 10.5 Å². The van der Waals surface area contributed by atoms with E-state index in [9.17, 15) is 15.0 Å². The summed E-state index contributed by atoms with van der Waals surface area (Å²) in [7, 11) is 0. The lowest BCUT2D eigenvalue weighted by Gasteiger charge is -2.62. The zero-order valence-corrected chi connectivity index (χ0v) is 17.0. The van der Waals surface area contributed by atoms with Crippen molar-refractivity contribution in [1.82, 2.24) is 9.80 Å². The number of urea groups is 1. The van der Waals surface area contributed by atoms with Gasteiger partial charge in [0, 0.05) is 48.9 Å². The molecule has 4 rings (SSSR count). The second-order valence-electron chi connectivity index (χ2n) is 8.59. The molecule has 0 radical (unpaired) electrons. The number of carbonyl (C=O) groups excluding carboxylic acids is 1. The Hall–Kier alpha value is -2.73. The number of phenols is 2. The molecule has 2 amide bonds. The molecule has 6 nitrogen and oxygen atoms in total. The first kappa shape index (κ1) is 19.6. The van der Waals surface area contributed by atoms with Crippen molar-refractivity contribution in [2.24, 2.45) is 5.41 Å². The summed E-state index contributed by atoms with van der Waals surface area (Å²) < 4.78 is 0. The first-order valence-corrected chi connectivity index (χ1v) is 10.3. The van der Waals surface area contributed by atoms with Crippen LogP contribution in [0.1, 0.15) is 38.3 Å². The van der Waals surface area contributed by atoms with Gasteiger partial charge in [-0.15, -0.1) is 0 Å². The zero-order chi connectivity index (χ0) is 20.6. The van der Waals surface area contributed by atoms with Crippen molar-refractivity contribution in [2.75, 3.05) is 25.0 Å². The molecule has 2 aromatic rings. The van der Waals surface area contributed by atoms with Crippen molar-refractivity contribution >= 4 is 11.7 Å². The molecule has 1 unspecified atom stereocenters. The third-order valence-electron chi connectivity index (χ3n) is 6.43. The molecule has 6 heteroatoms. The summed E-state index contributed by atoms with van der Waals surface area (Å²) in [6.07, 6.45) is 1.91. The van der Waals surface area contributed by atoms with E-state index >= 15 is 0 Å². The van der Waals surface area contributed by atoms with E-state index in [-0.39, 0.29) is 22.9 Å². The minimum atomic E-state index is -0.119. The largest absolute Gasteiger partial charge is 0.508 e. The fourth-order valence-corrected chi connectivity index (χ4v) is 4.84. The highest BCUT2D eigenvalue weighted by atomic mass is 16.3. The lowest BCUT2D eigenvalue weighted by atomic mass is 9.62. The van der Waals surface area contributed by atoms with Crippen molar-refractivity contribution in [1.29, 1.82) is 0 Å². The van der Waals surface area contributed by atoms with Crippen LogP contribution in [0.25, 0.3) is 0 Å². The SMILES string of the molecule is CC(C)N1CC2(CCN(C(=O)Nc3cccc(O)c3)CC2)C1c1ccc(O)cc1. The highest BCUT2D eigenvalue weighted by Gasteiger charge is 2.54. The summed E-state index contributed by atoms with van der Waals surface area (Å²) in [6, 6.07) is 14.8. The summed E-state index contributed by atoms with van der Waals surface area (Å²) in [5.74, 6) is 0.428. The minimum Gasteiger partial charge on any atom is -0.508 e. The number of benzene rings is 2. The Morgan fingerprint density at radius 3 is 2.38 bits per heavy atom. The fourth-order valence-electron chi connectivity index (χ4n) is 4.84. The molecule has 1 spiro atoms. The van der Waals surface area contributed by atoms with E-state index in [1.165, 1.54) is 5.56 Å². The molecule has 3 N–H and O–H groups in total. The first-order valence-electron chi connectivity index (χ1n) is 10.3. The number of hydrogen-bond donors (Lipinski definition) is 3. The summed E-state index contributed by atoms with van der Waals surface area (Å²) in [4.78, 5) is 17.0. The molecule has 0 aromatic heterocycles. The summed E-state index contributed by atoms with van der Waals surface area (Å²) >= 11 is 0. The number of nitrogens with zero attached hydrogens (tertiary/aromatic N) is 2. The van der Waals surface area contributed by atoms with E-state index in [1.807, 2.05) is 17.0 Å². The van der Waals surface area contributed by atoms with Crippen molar-refractivity contribution in [3.63, 3.8) is 0 Å². The Morgan fingerprint density at radius 1 is 1.07 bits per heavy atom. The van der Waals surface area contributed by atoms with Crippen LogP contribution in [-0.4, -0.2) is 51.7 Å². The number of aromatic hydroxyl groups is 2. The molecule has 1 atom stereocenters. The van der Waals surface area contributed by atoms with Crippen LogP contribution >= 0.6 is 0 Å². The third kappa shape index (κ3) is 3.77. The van der Waals surface area contributed by atoms with Crippen molar-refractivity contribution in [3.8, 4) is 11.5 Å². The van der Waals surface area contributed by atoms with Crippen LogP contribution < -0.4 is 5.32 Å². The number of carbonyl (C=O) groups is 1. The number of likely N-dealkylation sites (tertiary alicyclic amines) is 2. The van der Waals surface area contributed by atoms with Crippen LogP contribution in [-0.2, 0) is 0 Å². The maximum atomic E-state index is 12.7. The smallest absolute Gasteiger partial charge is 0.321 e. The molecule has 2 saturated heterocycles. The Labute approximate surface area is 171 Å². The van der Waals surface area contributed by atoms with E-state index in [4.69, 9.17) is 0 Å². The number of nitrogens with one attached hydrogen (secondary N) is 1. The van der Waals surface area contributed by atoms with Crippen LogP contribution in [0, 0.1) is 5.41 Å². The van der Waals surface area contributed by atoms with Crippen molar-refractivity contribution < 1.29 is 15.0 Å². The summed E-state index contributed by atoms with van der Waals surface area (Å²) in [5, 5.41) is 22.1. The van der Waals surface area contributed by atoms with Gasteiger partial charge in [0.1, 0.15) is 11.5 Å². The Morgan fingerprint density at radius 2 is 1.76 bits per heavy atom. The standard InChI is InChI=1S/C23H29N3O3/c1-16(2)26-15-23(21(26)17-6-8-19(27)9-7-17)10-12-25(13-11-23)22(29)24-18-4-3-5-20(28)14-18/h3-9,14,16,21,27-28H,10-13,15H2,1-2H3,(H,24,29). The first-order chi connectivity index (χ1) is 13.9. The minimum absolute atomic E-state index is 0.119.